The number of fused-ring (bicyclic) bond motifs is 1. The minimum absolute atomic E-state index is 0.157. The van der Waals surface area contributed by atoms with Crippen molar-refractivity contribution in [3.8, 4) is 5.69 Å². The van der Waals surface area contributed by atoms with Gasteiger partial charge in [0, 0.05) is 16.7 Å². The Bertz CT molecular complexity index is 1400. The first-order valence-corrected chi connectivity index (χ1v) is 13.2. The summed E-state index contributed by atoms with van der Waals surface area (Å²) in [5.74, 6) is -1.18. The number of carbonyl (C=O) groups is 2. The standard InChI is InChI=1S/C29H29FN2O4S/c1-3-4-5-6-27(19-7-9-20(10-8-19)29(35)36-2)37-17-22-15-23(12-13-24(22)30)32-18-31-25-16-21(28(33)34)11-14-26(25)32/h7-16,18,27H,3-6,17H2,1-2H3,(H,33,34). The van der Waals surface area contributed by atoms with Crippen molar-refractivity contribution in [3.63, 3.8) is 0 Å². The summed E-state index contributed by atoms with van der Waals surface area (Å²) in [6.45, 7) is 2.16. The summed E-state index contributed by atoms with van der Waals surface area (Å²) in [6, 6.07) is 17.2. The number of ether oxygens (including phenoxy) is 1. The molecule has 1 N–H and O–H groups in total. The van der Waals surface area contributed by atoms with E-state index in [1.54, 1.807) is 42.4 Å². The van der Waals surface area contributed by atoms with Crippen molar-refractivity contribution in [1.29, 1.82) is 0 Å². The highest BCUT2D eigenvalue weighted by Crippen LogP contribution is 2.37. The van der Waals surface area contributed by atoms with Gasteiger partial charge in [0.2, 0.25) is 0 Å². The minimum Gasteiger partial charge on any atom is -0.478 e. The number of thioether (sulfide) groups is 1. The van der Waals surface area contributed by atoms with Crippen LogP contribution in [0, 0.1) is 5.82 Å². The molecule has 3 aromatic carbocycles. The number of benzene rings is 3. The van der Waals surface area contributed by atoms with E-state index in [4.69, 9.17) is 4.74 Å². The fraction of sp³-hybridized carbons (Fsp3) is 0.276. The molecule has 0 bridgehead atoms. The number of rotatable bonds is 11. The van der Waals surface area contributed by atoms with E-state index >= 15 is 0 Å². The van der Waals surface area contributed by atoms with E-state index in [0.29, 0.717) is 22.4 Å². The van der Waals surface area contributed by atoms with Gasteiger partial charge in [0.05, 0.1) is 29.3 Å². The van der Waals surface area contributed by atoms with Gasteiger partial charge in [-0.25, -0.2) is 19.0 Å². The fourth-order valence-corrected chi connectivity index (χ4v) is 5.53. The number of unbranched alkanes of at least 4 members (excludes halogenated alkanes) is 2. The molecule has 1 unspecified atom stereocenters. The van der Waals surface area contributed by atoms with E-state index in [1.807, 2.05) is 22.8 Å². The number of carboxylic acids is 1. The molecule has 0 amide bonds. The van der Waals surface area contributed by atoms with Crippen molar-refractivity contribution in [2.75, 3.05) is 7.11 Å². The van der Waals surface area contributed by atoms with E-state index < -0.39 is 5.97 Å². The monoisotopic (exact) mass is 520 g/mol. The number of nitrogens with zero attached hydrogens (tertiary/aromatic N) is 2. The molecule has 0 fully saturated rings. The number of carbonyl (C=O) groups excluding carboxylic acids is 1. The fourth-order valence-electron chi connectivity index (χ4n) is 4.24. The van der Waals surface area contributed by atoms with E-state index in [-0.39, 0.29) is 22.6 Å². The molecule has 0 aliphatic carbocycles. The molecule has 4 aromatic rings. The molecule has 8 heteroatoms. The van der Waals surface area contributed by atoms with Crippen LogP contribution in [0.2, 0.25) is 0 Å². The highest BCUT2D eigenvalue weighted by atomic mass is 32.2. The number of esters is 1. The Balaban J connectivity index is 1.56. The van der Waals surface area contributed by atoms with Crippen LogP contribution in [0.5, 0.6) is 0 Å². The summed E-state index contributed by atoms with van der Waals surface area (Å²) >= 11 is 1.68. The Morgan fingerprint density at radius 1 is 1.05 bits per heavy atom. The number of hydrogen-bond donors (Lipinski definition) is 1. The highest BCUT2D eigenvalue weighted by molar-refractivity contribution is 7.98. The van der Waals surface area contributed by atoms with E-state index in [2.05, 4.69) is 11.9 Å². The summed E-state index contributed by atoms with van der Waals surface area (Å²) in [5, 5.41) is 9.40. The average molecular weight is 521 g/mol. The van der Waals surface area contributed by atoms with Gasteiger partial charge in [-0.1, -0.05) is 38.3 Å². The number of carboxylic acid groups (broad SMARTS) is 1. The van der Waals surface area contributed by atoms with Crippen molar-refractivity contribution in [1.82, 2.24) is 9.55 Å². The SMILES string of the molecule is CCCCCC(SCc1cc(-n2cnc3cc(C(=O)O)ccc32)ccc1F)c1ccc(C(=O)OC)cc1. The second-order valence-electron chi connectivity index (χ2n) is 8.81. The largest absolute Gasteiger partial charge is 0.478 e. The molecule has 0 aliphatic heterocycles. The van der Waals surface area contributed by atoms with Crippen molar-refractivity contribution < 1.29 is 23.8 Å². The van der Waals surface area contributed by atoms with E-state index in [0.717, 1.165) is 42.5 Å². The van der Waals surface area contributed by atoms with Crippen LogP contribution in [-0.4, -0.2) is 33.7 Å². The van der Waals surface area contributed by atoms with Crippen molar-refractivity contribution >= 4 is 34.7 Å². The number of methoxy groups -OCH3 is 1. The van der Waals surface area contributed by atoms with Gasteiger partial charge in [0.1, 0.15) is 12.1 Å². The molecule has 37 heavy (non-hydrogen) atoms. The molecule has 192 valence electrons. The molecule has 4 rings (SSSR count). The number of imidazole rings is 1. The molecule has 0 saturated heterocycles. The lowest BCUT2D eigenvalue weighted by atomic mass is 10.0. The first kappa shape index (κ1) is 26.4. The molecule has 0 radical (unpaired) electrons. The summed E-state index contributed by atoms with van der Waals surface area (Å²) in [6.07, 6.45) is 5.88. The van der Waals surface area contributed by atoms with Crippen molar-refractivity contribution in [3.05, 3.63) is 95.1 Å². The third kappa shape index (κ3) is 6.20. The van der Waals surface area contributed by atoms with Crippen molar-refractivity contribution in [2.24, 2.45) is 0 Å². The zero-order valence-electron chi connectivity index (χ0n) is 20.8. The Morgan fingerprint density at radius 3 is 2.51 bits per heavy atom. The van der Waals surface area contributed by atoms with Gasteiger partial charge >= 0.3 is 11.9 Å². The first-order valence-electron chi connectivity index (χ1n) is 12.2. The molecule has 6 nitrogen and oxygen atoms in total. The van der Waals surface area contributed by atoms with Crippen LogP contribution in [0.1, 0.15) is 69.7 Å². The highest BCUT2D eigenvalue weighted by Gasteiger charge is 2.16. The Kier molecular flexibility index (Phi) is 8.61. The lowest BCUT2D eigenvalue weighted by Gasteiger charge is -2.18. The van der Waals surface area contributed by atoms with E-state index in [9.17, 15) is 19.1 Å². The van der Waals surface area contributed by atoms with Gasteiger partial charge < -0.3 is 9.84 Å². The van der Waals surface area contributed by atoms with Crippen molar-refractivity contribution in [2.45, 2.75) is 43.6 Å². The maximum Gasteiger partial charge on any atom is 0.337 e. The normalized spacial score (nSPS) is 12.0. The maximum atomic E-state index is 14.9. The average Bonchev–Trinajstić information content (AvgIpc) is 3.34. The number of hydrogen-bond acceptors (Lipinski definition) is 5. The van der Waals surface area contributed by atoms with Crippen LogP contribution in [0.3, 0.4) is 0 Å². The summed E-state index contributed by atoms with van der Waals surface area (Å²) in [4.78, 5) is 27.4. The minimum atomic E-state index is -1.01. The lowest BCUT2D eigenvalue weighted by molar-refractivity contribution is 0.0599. The smallest absolute Gasteiger partial charge is 0.337 e. The second kappa shape index (κ2) is 12.1. The topological polar surface area (TPSA) is 81.4 Å². The Morgan fingerprint density at radius 2 is 1.81 bits per heavy atom. The number of aromatic carboxylic acids is 1. The summed E-state index contributed by atoms with van der Waals surface area (Å²) in [5.41, 5.74) is 4.42. The van der Waals surface area contributed by atoms with Crippen LogP contribution in [0.15, 0.2) is 67.0 Å². The Labute approximate surface area is 219 Å². The quantitative estimate of drug-likeness (QED) is 0.166. The second-order valence-corrected chi connectivity index (χ2v) is 10.00. The lowest BCUT2D eigenvalue weighted by Crippen LogP contribution is -2.02. The van der Waals surface area contributed by atoms with Gasteiger partial charge in [-0.3, -0.25) is 4.57 Å². The van der Waals surface area contributed by atoms with Gasteiger partial charge in [-0.15, -0.1) is 11.8 Å². The van der Waals surface area contributed by atoms with Gasteiger partial charge in [-0.2, -0.15) is 0 Å². The van der Waals surface area contributed by atoms with Gasteiger partial charge in [0.25, 0.3) is 0 Å². The van der Waals surface area contributed by atoms with Crippen LogP contribution in [0.25, 0.3) is 16.7 Å². The third-order valence-electron chi connectivity index (χ3n) is 6.32. The van der Waals surface area contributed by atoms with Gasteiger partial charge in [0.15, 0.2) is 0 Å². The third-order valence-corrected chi connectivity index (χ3v) is 7.70. The summed E-state index contributed by atoms with van der Waals surface area (Å²) in [7, 11) is 1.36. The molecule has 1 heterocycles. The summed E-state index contributed by atoms with van der Waals surface area (Å²) < 4.78 is 21.5. The molecule has 0 spiro atoms. The van der Waals surface area contributed by atoms with Crippen LogP contribution in [0.4, 0.5) is 4.39 Å². The maximum absolute atomic E-state index is 14.9. The molecule has 0 aliphatic rings. The first-order chi connectivity index (χ1) is 17.9. The van der Waals surface area contributed by atoms with Crippen LogP contribution in [-0.2, 0) is 10.5 Å². The molecule has 1 atom stereocenters. The van der Waals surface area contributed by atoms with Gasteiger partial charge in [-0.05, 0) is 66.1 Å². The Hall–Kier alpha value is -3.65. The zero-order valence-corrected chi connectivity index (χ0v) is 21.6. The predicted molar refractivity (Wildman–Crippen MR) is 144 cm³/mol. The predicted octanol–water partition coefficient (Wildman–Crippen LogP) is 7.20. The van der Waals surface area contributed by atoms with E-state index in [1.165, 1.54) is 25.3 Å². The molecule has 1 aromatic heterocycles. The molecular weight excluding hydrogens is 491 g/mol. The molecule has 0 saturated carbocycles. The van der Waals surface area contributed by atoms with Crippen LogP contribution < -0.4 is 0 Å². The zero-order chi connectivity index (χ0) is 26.4. The number of aromatic nitrogens is 2. The molecular formula is C29H29FN2O4S. The van der Waals surface area contributed by atoms with Crippen LogP contribution >= 0.6 is 11.8 Å². The number of halogens is 1.